The highest BCUT2D eigenvalue weighted by molar-refractivity contribution is 6.28. The average Bonchev–Trinajstić information content (AvgIpc) is 2.39. The van der Waals surface area contributed by atoms with E-state index in [1.54, 1.807) is 24.3 Å². The van der Waals surface area contributed by atoms with Gasteiger partial charge in [0, 0.05) is 11.8 Å². The van der Waals surface area contributed by atoms with Crippen LogP contribution in [-0.4, -0.2) is 15.9 Å². The van der Waals surface area contributed by atoms with Crippen molar-refractivity contribution in [1.82, 2.24) is 9.97 Å². The molecule has 1 amide bonds. The molecule has 0 fully saturated rings. The molecule has 0 saturated heterocycles. The van der Waals surface area contributed by atoms with E-state index in [0.29, 0.717) is 16.9 Å². The highest BCUT2D eigenvalue weighted by Crippen LogP contribution is 2.09. The highest BCUT2D eigenvalue weighted by Gasteiger charge is 2.07. The van der Waals surface area contributed by atoms with Gasteiger partial charge in [-0.15, -0.1) is 0 Å². The first-order chi connectivity index (χ1) is 8.69. The van der Waals surface area contributed by atoms with Crippen LogP contribution in [0.3, 0.4) is 0 Å². The molecule has 0 aliphatic rings. The minimum atomic E-state index is -0.325. The Labute approximate surface area is 108 Å². The number of aromatic nitrogens is 2. The van der Waals surface area contributed by atoms with Crippen LogP contribution in [0.5, 0.6) is 0 Å². The van der Waals surface area contributed by atoms with Gasteiger partial charge in [-0.3, -0.25) is 4.79 Å². The van der Waals surface area contributed by atoms with E-state index < -0.39 is 0 Å². The summed E-state index contributed by atoms with van der Waals surface area (Å²) in [4.78, 5) is 19.4. The van der Waals surface area contributed by atoms with Gasteiger partial charge in [-0.05, 0) is 41.9 Å². The van der Waals surface area contributed by atoms with Gasteiger partial charge in [0.15, 0.2) is 0 Å². The third-order valence-electron chi connectivity index (χ3n) is 2.14. The fourth-order valence-corrected chi connectivity index (χ4v) is 1.44. The summed E-state index contributed by atoms with van der Waals surface area (Å²) in [5, 5.41) is 11.3. The molecule has 1 heterocycles. The number of benzene rings is 1. The zero-order valence-electron chi connectivity index (χ0n) is 9.09. The van der Waals surface area contributed by atoms with Gasteiger partial charge in [0.25, 0.3) is 5.91 Å². The maximum absolute atomic E-state index is 11.8. The summed E-state index contributed by atoms with van der Waals surface area (Å²) in [5.41, 5.74) is 0.931. The Morgan fingerprint density at radius 2 is 2.00 bits per heavy atom. The lowest BCUT2D eigenvalue weighted by Crippen LogP contribution is -2.13. The van der Waals surface area contributed by atoms with Gasteiger partial charge in [-0.2, -0.15) is 5.26 Å². The minimum absolute atomic E-state index is 0.0626. The summed E-state index contributed by atoms with van der Waals surface area (Å²) in [6, 6.07) is 9.79. The van der Waals surface area contributed by atoms with E-state index in [4.69, 9.17) is 16.9 Å². The van der Waals surface area contributed by atoms with Crippen molar-refractivity contribution in [1.29, 1.82) is 5.26 Å². The van der Waals surface area contributed by atoms with Crippen LogP contribution in [0.25, 0.3) is 0 Å². The molecular weight excluding hydrogens is 252 g/mol. The minimum Gasteiger partial charge on any atom is -0.306 e. The molecule has 2 rings (SSSR count). The molecular formula is C12H7ClN4O. The summed E-state index contributed by atoms with van der Waals surface area (Å²) < 4.78 is 0. The van der Waals surface area contributed by atoms with Gasteiger partial charge in [-0.25, -0.2) is 9.97 Å². The normalized spacial score (nSPS) is 9.56. The summed E-state index contributed by atoms with van der Waals surface area (Å²) in [6.45, 7) is 0. The fraction of sp³-hybridized carbons (Fsp3) is 0. The first kappa shape index (κ1) is 12.0. The van der Waals surface area contributed by atoms with Crippen molar-refractivity contribution >= 4 is 23.3 Å². The first-order valence-electron chi connectivity index (χ1n) is 4.99. The number of carbonyl (C=O) groups excluding carboxylic acids is 1. The van der Waals surface area contributed by atoms with E-state index in [1.807, 2.05) is 6.07 Å². The van der Waals surface area contributed by atoms with E-state index in [0.717, 1.165) is 0 Å². The van der Waals surface area contributed by atoms with E-state index in [9.17, 15) is 4.79 Å². The number of hydrogen-bond acceptors (Lipinski definition) is 4. The SMILES string of the molecule is N#Cc1ccc(C(=O)Nc2ccnc(Cl)n2)cc1. The summed E-state index contributed by atoms with van der Waals surface area (Å²) in [6.07, 6.45) is 1.45. The maximum Gasteiger partial charge on any atom is 0.256 e. The third kappa shape index (κ3) is 2.81. The molecule has 0 radical (unpaired) electrons. The zero-order valence-corrected chi connectivity index (χ0v) is 9.85. The van der Waals surface area contributed by atoms with Crippen LogP contribution in [0, 0.1) is 11.3 Å². The molecule has 2 aromatic rings. The number of rotatable bonds is 2. The number of hydrogen-bond donors (Lipinski definition) is 1. The number of nitriles is 1. The zero-order chi connectivity index (χ0) is 13.0. The van der Waals surface area contributed by atoms with Gasteiger partial charge < -0.3 is 5.32 Å². The lowest BCUT2D eigenvalue weighted by molar-refractivity contribution is 0.102. The number of nitrogens with zero attached hydrogens (tertiary/aromatic N) is 3. The quantitative estimate of drug-likeness (QED) is 0.838. The van der Waals surface area contributed by atoms with Crippen molar-refractivity contribution in [3.05, 3.63) is 52.9 Å². The van der Waals surface area contributed by atoms with Crippen LogP contribution in [-0.2, 0) is 0 Å². The predicted octanol–water partition coefficient (Wildman–Crippen LogP) is 2.25. The topological polar surface area (TPSA) is 78.7 Å². The van der Waals surface area contributed by atoms with Crippen LogP contribution in [0.4, 0.5) is 5.82 Å². The second-order valence-electron chi connectivity index (χ2n) is 3.35. The van der Waals surface area contributed by atoms with E-state index in [2.05, 4.69) is 15.3 Å². The van der Waals surface area contributed by atoms with Crippen LogP contribution < -0.4 is 5.32 Å². The molecule has 0 aliphatic carbocycles. The molecule has 0 spiro atoms. The number of carbonyl (C=O) groups is 1. The lowest BCUT2D eigenvalue weighted by Gasteiger charge is -2.04. The Bertz CT molecular complexity index is 619. The molecule has 18 heavy (non-hydrogen) atoms. The smallest absolute Gasteiger partial charge is 0.256 e. The van der Waals surface area contributed by atoms with Gasteiger partial charge in [0.2, 0.25) is 5.28 Å². The largest absolute Gasteiger partial charge is 0.306 e. The Hall–Kier alpha value is -2.45. The molecule has 0 saturated carbocycles. The Balaban J connectivity index is 2.14. The van der Waals surface area contributed by atoms with Gasteiger partial charge in [0.1, 0.15) is 5.82 Å². The van der Waals surface area contributed by atoms with Crippen LogP contribution >= 0.6 is 11.6 Å². The van der Waals surface area contributed by atoms with E-state index >= 15 is 0 Å². The summed E-state index contributed by atoms with van der Waals surface area (Å²) in [5.74, 6) is -0.00128. The van der Waals surface area contributed by atoms with E-state index in [-0.39, 0.29) is 11.2 Å². The Kier molecular flexibility index (Phi) is 3.51. The van der Waals surface area contributed by atoms with Gasteiger partial charge in [-0.1, -0.05) is 0 Å². The standard InChI is InChI=1S/C12H7ClN4O/c13-12-15-6-5-10(17-12)16-11(18)9-3-1-8(7-14)2-4-9/h1-6H,(H,15,16,17,18). The number of nitrogens with one attached hydrogen (secondary N) is 1. The fourth-order valence-electron chi connectivity index (χ4n) is 1.29. The molecule has 0 unspecified atom stereocenters. The van der Waals surface area contributed by atoms with Crippen molar-refractivity contribution < 1.29 is 4.79 Å². The average molecular weight is 259 g/mol. The lowest BCUT2D eigenvalue weighted by atomic mass is 10.1. The van der Waals surface area contributed by atoms with E-state index in [1.165, 1.54) is 12.3 Å². The third-order valence-corrected chi connectivity index (χ3v) is 2.33. The first-order valence-corrected chi connectivity index (χ1v) is 5.37. The number of anilines is 1. The van der Waals surface area contributed by atoms with Gasteiger partial charge in [0.05, 0.1) is 11.6 Å². The van der Waals surface area contributed by atoms with Crippen molar-refractivity contribution in [3.63, 3.8) is 0 Å². The molecule has 0 atom stereocenters. The van der Waals surface area contributed by atoms with Crippen LogP contribution in [0.2, 0.25) is 5.28 Å². The van der Waals surface area contributed by atoms with Crippen LogP contribution in [0.15, 0.2) is 36.5 Å². The summed E-state index contributed by atoms with van der Waals surface area (Å²) >= 11 is 5.60. The number of amides is 1. The van der Waals surface area contributed by atoms with Gasteiger partial charge >= 0.3 is 0 Å². The monoisotopic (exact) mass is 258 g/mol. The van der Waals surface area contributed by atoms with Crippen molar-refractivity contribution in [3.8, 4) is 6.07 Å². The second kappa shape index (κ2) is 5.25. The van der Waals surface area contributed by atoms with Crippen molar-refractivity contribution in [2.45, 2.75) is 0 Å². The molecule has 0 aliphatic heterocycles. The predicted molar refractivity (Wildman–Crippen MR) is 66.2 cm³/mol. The molecule has 88 valence electrons. The molecule has 5 nitrogen and oxygen atoms in total. The van der Waals surface area contributed by atoms with Crippen molar-refractivity contribution in [2.75, 3.05) is 5.32 Å². The Morgan fingerprint density at radius 3 is 2.61 bits per heavy atom. The molecule has 1 aromatic heterocycles. The molecule has 1 aromatic carbocycles. The van der Waals surface area contributed by atoms with Crippen LogP contribution in [0.1, 0.15) is 15.9 Å². The molecule has 1 N–H and O–H groups in total. The maximum atomic E-state index is 11.8. The Morgan fingerprint density at radius 1 is 1.28 bits per heavy atom. The second-order valence-corrected chi connectivity index (χ2v) is 3.69. The van der Waals surface area contributed by atoms with Crippen molar-refractivity contribution in [2.24, 2.45) is 0 Å². The highest BCUT2D eigenvalue weighted by atomic mass is 35.5. The molecule has 6 heteroatoms. The summed E-state index contributed by atoms with van der Waals surface area (Å²) in [7, 11) is 0. The number of halogens is 1. The molecule has 0 bridgehead atoms.